The third kappa shape index (κ3) is 4.04. The first-order valence-electron chi connectivity index (χ1n) is 7.33. The van der Waals surface area contributed by atoms with Crippen LogP contribution in [0.5, 0.6) is 0 Å². The number of thioether (sulfide) groups is 1. The lowest BCUT2D eigenvalue weighted by molar-refractivity contribution is -0.357. The largest absolute Gasteiger partial charge is 0.613 e. The van der Waals surface area contributed by atoms with E-state index in [-0.39, 0.29) is 22.1 Å². The molecule has 0 atom stereocenters. The molecule has 0 N–H and O–H groups in total. The van der Waals surface area contributed by atoms with Crippen molar-refractivity contribution in [1.82, 2.24) is 0 Å². The number of rotatable bonds is 5. The summed E-state index contributed by atoms with van der Waals surface area (Å²) in [6.45, 7) is 5.68. The van der Waals surface area contributed by atoms with Crippen molar-refractivity contribution in [1.29, 1.82) is 0 Å². The second kappa shape index (κ2) is 7.76. The molecule has 0 bridgehead atoms. The van der Waals surface area contributed by atoms with Crippen molar-refractivity contribution < 1.29 is 18.3 Å². The molecular formula is C16H17BrNO4S2-. The molecule has 1 aromatic rings. The van der Waals surface area contributed by atoms with Crippen LogP contribution in [-0.4, -0.2) is 20.1 Å². The second-order valence-corrected chi connectivity index (χ2v) is 8.63. The van der Waals surface area contributed by atoms with Gasteiger partial charge in [0.15, 0.2) is 0 Å². The van der Waals surface area contributed by atoms with Crippen LogP contribution in [0, 0.1) is 0 Å². The van der Waals surface area contributed by atoms with Crippen molar-refractivity contribution in [3.8, 4) is 0 Å². The second-order valence-electron chi connectivity index (χ2n) is 4.91. The highest BCUT2D eigenvalue weighted by Gasteiger charge is 2.27. The standard InChI is InChI=1S/C16H18BrNO4S2/c1-4-13-10(3)23-15(14(13)16(19)22-5-2)18-24(20,21)12-8-6-11(17)7-9-12/h6-9,19H,4-5H2,1-3H3/p-1. The molecule has 2 rings (SSSR count). The number of hydrogen-bond donors (Lipinski definition) is 0. The Labute approximate surface area is 154 Å². The Kier molecular flexibility index (Phi) is 6.17. The first-order valence-corrected chi connectivity index (χ1v) is 10.4. The van der Waals surface area contributed by atoms with Crippen molar-refractivity contribution in [3.63, 3.8) is 0 Å². The van der Waals surface area contributed by atoms with Gasteiger partial charge in [0.25, 0.3) is 10.0 Å². The molecule has 1 aromatic carbocycles. The van der Waals surface area contributed by atoms with Crippen LogP contribution in [0.2, 0.25) is 0 Å². The average Bonchev–Trinajstić information content (AvgIpc) is 2.82. The van der Waals surface area contributed by atoms with E-state index < -0.39 is 16.0 Å². The number of sulfonamides is 1. The molecule has 0 saturated carbocycles. The molecule has 0 saturated heterocycles. The monoisotopic (exact) mass is 430 g/mol. The summed E-state index contributed by atoms with van der Waals surface area (Å²) in [5.41, 5.74) is 1.03. The SMILES string of the molecule is CCOC([O-])=C1C(=NS(=O)(=O)c2ccc(Br)cc2)SC(C)=C1CC. The Hall–Kier alpha value is -1.25. The zero-order valence-corrected chi connectivity index (χ0v) is 16.7. The van der Waals surface area contributed by atoms with E-state index in [9.17, 15) is 13.5 Å². The number of ether oxygens (including phenoxy) is 1. The summed E-state index contributed by atoms with van der Waals surface area (Å²) >= 11 is 4.45. The predicted molar refractivity (Wildman–Crippen MR) is 98.0 cm³/mol. The van der Waals surface area contributed by atoms with Crippen molar-refractivity contribution in [2.75, 3.05) is 6.61 Å². The highest BCUT2D eigenvalue weighted by Crippen LogP contribution is 2.41. The summed E-state index contributed by atoms with van der Waals surface area (Å²) in [5.74, 6) is -0.538. The maximum atomic E-state index is 12.5. The van der Waals surface area contributed by atoms with Gasteiger partial charge in [0.1, 0.15) is 5.04 Å². The molecule has 8 heteroatoms. The van der Waals surface area contributed by atoms with Gasteiger partial charge in [0, 0.05) is 10.0 Å². The quantitative estimate of drug-likeness (QED) is 0.666. The molecule has 1 aliphatic rings. The van der Waals surface area contributed by atoms with Crippen molar-refractivity contribution in [3.05, 3.63) is 50.7 Å². The number of hydrogen-bond acceptors (Lipinski definition) is 5. The Bertz CT molecular complexity index is 824. The maximum absolute atomic E-state index is 12.5. The topological polar surface area (TPSA) is 78.8 Å². The van der Waals surface area contributed by atoms with E-state index in [1.807, 2.05) is 13.8 Å². The van der Waals surface area contributed by atoms with Crippen LogP contribution >= 0.6 is 27.7 Å². The fourth-order valence-corrected chi connectivity index (χ4v) is 4.81. The lowest BCUT2D eigenvalue weighted by Gasteiger charge is -2.17. The van der Waals surface area contributed by atoms with Crippen LogP contribution in [0.15, 0.2) is 60.0 Å². The normalized spacial score (nSPS) is 19.1. The minimum absolute atomic E-state index is 0.0737. The third-order valence-corrected chi connectivity index (χ3v) is 6.31. The van der Waals surface area contributed by atoms with Gasteiger partial charge in [-0.15, -0.1) is 0 Å². The number of benzene rings is 1. The van der Waals surface area contributed by atoms with Gasteiger partial charge in [-0.25, -0.2) is 0 Å². The van der Waals surface area contributed by atoms with Crippen LogP contribution in [0.25, 0.3) is 0 Å². The highest BCUT2D eigenvalue weighted by molar-refractivity contribution is 9.10. The molecule has 0 unspecified atom stereocenters. The zero-order chi connectivity index (χ0) is 17.9. The van der Waals surface area contributed by atoms with E-state index in [0.29, 0.717) is 6.42 Å². The molecule has 0 radical (unpaired) electrons. The van der Waals surface area contributed by atoms with Gasteiger partial charge in [-0.1, -0.05) is 41.5 Å². The van der Waals surface area contributed by atoms with E-state index >= 15 is 0 Å². The smallest absolute Gasteiger partial charge is 0.283 e. The zero-order valence-electron chi connectivity index (χ0n) is 13.5. The van der Waals surface area contributed by atoms with E-state index in [1.54, 1.807) is 19.1 Å². The van der Waals surface area contributed by atoms with Crippen molar-refractivity contribution >= 4 is 42.8 Å². The Morgan fingerprint density at radius 1 is 1.29 bits per heavy atom. The van der Waals surface area contributed by atoms with E-state index in [0.717, 1.165) is 15.0 Å². The van der Waals surface area contributed by atoms with Gasteiger partial charge in [-0.3, -0.25) is 0 Å². The molecule has 0 spiro atoms. The Balaban J connectivity index is 2.52. The summed E-state index contributed by atoms with van der Waals surface area (Å²) in [6.07, 6.45) is 0.602. The average molecular weight is 431 g/mol. The minimum Gasteiger partial charge on any atom is -0.613 e. The minimum atomic E-state index is -3.91. The summed E-state index contributed by atoms with van der Waals surface area (Å²) in [4.78, 5) is 0.940. The van der Waals surface area contributed by atoms with Gasteiger partial charge in [0.05, 0.1) is 10.8 Å². The lowest BCUT2D eigenvalue weighted by atomic mass is 10.1. The van der Waals surface area contributed by atoms with E-state index in [2.05, 4.69) is 20.3 Å². The third-order valence-electron chi connectivity index (χ3n) is 3.34. The molecule has 1 heterocycles. The summed E-state index contributed by atoms with van der Waals surface area (Å²) < 4.78 is 34.8. The van der Waals surface area contributed by atoms with E-state index in [4.69, 9.17) is 4.74 Å². The van der Waals surface area contributed by atoms with Gasteiger partial charge in [0.2, 0.25) is 0 Å². The molecule has 24 heavy (non-hydrogen) atoms. The van der Waals surface area contributed by atoms with Crippen molar-refractivity contribution in [2.24, 2.45) is 4.40 Å². The van der Waals surface area contributed by atoms with Crippen LogP contribution in [-0.2, 0) is 14.8 Å². The fourth-order valence-electron chi connectivity index (χ4n) is 2.23. The summed E-state index contributed by atoms with van der Waals surface area (Å²) in [6, 6.07) is 6.19. The van der Waals surface area contributed by atoms with Gasteiger partial charge in [-0.2, -0.15) is 12.8 Å². The molecule has 0 amide bonds. The molecule has 130 valence electrons. The van der Waals surface area contributed by atoms with Gasteiger partial charge < -0.3 is 9.84 Å². The molecule has 1 aliphatic heterocycles. The maximum Gasteiger partial charge on any atom is 0.283 e. The first kappa shape index (κ1) is 19.1. The fraction of sp³-hybridized carbons (Fsp3) is 0.312. The highest BCUT2D eigenvalue weighted by atomic mass is 79.9. The lowest BCUT2D eigenvalue weighted by Crippen LogP contribution is -2.15. The summed E-state index contributed by atoms with van der Waals surface area (Å²) in [5, 5.41) is 12.4. The molecule has 0 fully saturated rings. The first-order chi connectivity index (χ1) is 11.3. The summed E-state index contributed by atoms with van der Waals surface area (Å²) in [7, 11) is -3.91. The molecular weight excluding hydrogens is 414 g/mol. The molecule has 5 nitrogen and oxygen atoms in total. The molecule has 0 aromatic heterocycles. The predicted octanol–water partition coefficient (Wildman–Crippen LogP) is 3.58. The van der Waals surface area contributed by atoms with Crippen LogP contribution in [0.4, 0.5) is 0 Å². The van der Waals surface area contributed by atoms with Crippen LogP contribution in [0.3, 0.4) is 0 Å². The number of nitrogens with zero attached hydrogens (tertiary/aromatic N) is 1. The number of allylic oxidation sites excluding steroid dienone is 2. The van der Waals surface area contributed by atoms with Crippen LogP contribution in [0.1, 0.15) is 27.2 Å². The van der Waals surface area contributed by atoms with Gasteiger partial charge in [-0.05, 0) is 54.7 Å². The van der Waals surface area contributed by atoms with Gasteiger partial charge >= 0.3 is 0 Å². The molecule has 0 aliphatic carbocycles. The Morgan fingerprint density at radius 2 is 1.92 bits per heavy atom. The van der Waals surface area contributed by atoms with Crippen LogP contribution < -0.4 is 5.11 Å². The Morgan fingerprint density at radius 3 is 2.46 bits per heavy atom. The van der Waals surface area contributed by atoms with Crippen molar-refractivity contribution in [2.45, 2.75) is 32.1 Å². The van der Waals surface area contributed by atoms with E-state index in [1.165, 1.54) is 23.9 Å². The number of halogens is 1.